The molecule has 3 N–H and O–H groups in total. The molecular formula is C19H22N2O3. The summed E-state index contributed by atoms with van der Waals surface area (Å²) in [5, 5.41) is 2.92. The van der Waals surface area contributed by atoms with E-state index >= 15 is 0 Å². The van der Waals surface area contributed by atoms with Crippen LogP contribution in [0.4, 0.5) is 5.69 Å². The molecule has 0 unspecified atom stereocenters. The van der Waals surface area contributed by atoms with Crippen LogP contribution < -0.4 is 15.8 Å². The highest BCUT2D eigenvalue weighted by atomic mass is 16.5. The molecule has 0 saturated carbocycles. The van der Waals surface area contributed by atoms with E-state index in [1.165, 1.54) is 0 Å². The summed E-state index contributed by atoms with van der Waals surface area (Å²) in [6.45, 7) is 3.90. The predicted molar refractivity (Wildman–Crippen MR) is 94.3 cm³/mol. The Hall–Kier alpha value is -2.82. The summed E-state index contributed by atoms with van der Waals surface area (Å²) in [7, 11) is 0. The molecule has 2 aromatic rings. The zero-order valence-electron chi connectivity index (χ0n) is 14.0. The largest absolute Gasteiger partial charge is 0.483 e. The van der Waals surface area contributed by atoms with Gasteiger partial charge in [-0.1, -0.05) is 44.2 Å². The Labute approximate surface area is 141 Å². The number of aryl methyl sites for hydroxylation is 2. The Morgan fingerprint density at radius 2 is 1.62 bits per heavy atom. The van der Waals surface area contributed by atoms with Crippen molar-refractivity contribution >= 4 is 17.5 Å². The number of hydrogen-bond donors (Lipinski definition) is 2. The van der Waals surface area contributed by atoms with Crippen molar-refractivity contribution in [1.82, 2.24) is 0 Å². The van der Waals surface area contributed by atoms with Crippen LogP contribution in [0.2, 0.25) is 0 Å². The highest BCUT2D eigenvalue weighted by Crippen LogP contribution is 2.23. The lowest BCUT2D eigenvalue weighted by atomic mass is 10.0. The van der Waals surface area contributed by atoms with E-state index in [1.807, 2.05) is 32.0 Å². The molecule has 0 spiro atoms. The summed E-state index contributed by atoms with van der Waals surface area (Å²) in [5.41, 5.74) is 8.57. The molecule has 0 atom stereocenters. The van der Waals surface area contributed by atoms with Crippen molar-refractivity contribution in [3.8, 4) is 5.75 Å². The van der Waals surface area contributed by atoms with Crippen molar-refractivity contribution in [2.45, 2.75) is 26.7 Å². The molecule has 0 aliphatic carbocycles. The van der Waals surface area contributed by atoms with Gasteiger partial charge in [-0.3, -0.25) is 9.59 Å². The molecule has 0 heterocycles. The maximum atomic E-state index is 12.3. The van der Waals surface area contributed by atoms with Gasteiger partial charge < -0.3 is 15.8 Å². The molecule has 2 rings (SSSR count). The Kier molecular flexibility index (Phi) is 5.95. The minimum atomic E-state index is -0.587. The van der Waals surface area contributed by atoms with Crippen molar-refractivity contribution in [2.75, 3.05) is 11.9 Å². The molecule has 24 heavy (non-hydrogen) atoms. The molecule has 126 valence electrons. The minimum absolute atomic E-state index is 0.189. The third-order valence-corrected chi connectivity index (χ3v) is 3.77. The number of nitrogens with two attached hydrogens (primary N) is 1. The molecule has 0 aromatic heterocycles. The van der Waals surface area contributed by atoms with Gasteiger partial charge in [0.25, 0.3) is 11.8 Å². The van der Waals surface area contributed by atoms with E-state index in [1.54, 1.807) is 24.3 Å². The summed E-state index contributed by atoms with van der Waals surface area (Å²) in [6, 6.07) is 12.6. The number of nitrogens with one attached hydrogen (secondary N) is 1. The zero-order chi connectivity index (χ0) is 17.5. The Balaban J connectivity index is 2.09. The van der Waals surface area contributed by atoms with Crippen LogP contribution in [-0.4, -0.2) is 18.4 Å². The fourth-order valence-electron chi connectivity index (χ4n) is 2.52. The molecule has 0 bridgehead atoms. The molecule has 0 fully saturated rings. The number of hydrogen-bond acceptors (Lipinski definition) is 3. The summed E-state index contributed by atoms with van der Waals surface area (Å²) in [5.74, 6) is -0.555. The topological polar surface area (TPSA) is 81.4 Å². The number of carbonyl (C=O) groups excluding carboxylic acids is 2. The molecule has 0 aliphatic heterocycles. The number of benzene rings is 2. The number of primary amides is 1. The molecule has 2 aromatic carbocycles. The highest BCUT2D eigenvalue weighted by molar-refractivity contribution is 5.96. The average Bonchev–Trinajstić information content (AvgIpc) is 2.60. The molecular weight excluding hydrogens is 304 g/mol. The lowest BCUT2D eigenvalue weighted by molar-refractivity contribution is -0.118. The van der Waals surface area contributed by atoms with Crippen LogP contribution in [0.3, 0.4) is 0 Å². The fraction of sp³-hybridized carbons (Fsp3) is 0.263. The van der Waals surface area contributed by atoms with Gasteiger partial charge in [-0.05, 0) is 36.1 Å². The third-order valence-electron chi connectivity index (χ3n) is 3.77. The standard InChI is InChI=1S/C19H22N2O3/c1-3-13-8-7-9-14(4-2)18(13)21-17(22)12-24-16-11-6-5-10-15(16)19(20)23/h5-11H,3-4,12H2,1-2H3,(H2,20,23)(H,21,22). The second-order valence-corrected chi connectivity index (χ2v) is 5.36. The van der Waals surface area contributed by atoms with Gasteiger partial charge in [0.15, 0.2) is 6.61 Å². The number of ether oxygens (including phenoxy) is 1. The van der Waals surface area contributed by atoms with Crippen LogP contribution in [0.25, 0.3) is 0 Å². The monoisotopic (exact) mass is 326 g/mol. The summed E-state index contributed by atoms with van der Waals surface area (Å²) in [6.07, 6.45) is 1.66. The van der Waals surface area contributed by atoms with Crippen LogP contribution in [0, 0.1) is 0 Å². The van der Waals surface area contributed by atoms with Gasteiger partial charge in [0.05, 0.1) is 5.56 Å². The van der Waals surface area contributed by atoms with E-state index in [2.05, 4.69) is 5.32 Å². The first-order valence-corrected chi connectivity index (χ1v) is 7.99. The number of amides is 2. The third kappa shape index (κ3) is 4.13. The van der Waals surface area contributed by atoms with Gasteiger partial charge in [0, 0.05) is 5.69 Å². The van der Waals surface area contributed by atoms with E-state index < -0.39 is 5.91 Å². The van der Waals surface area contributed by atoms with Gasteiger partial charge >= 0.3 is 0 Å². The number of para-hydroxylation sites is 2. The maximum Gasteiger partial charge on any atom is 0.262 e. The predicted octanol–water partition coefficient (Wildman–Crippen LogP) is 2.93. The smallest absolute Gasteiger partial charge is 0.262 e. The zero-order valence-corrected chi connectivity index (χ0v) is 14.0. The normalized spacial score (nSPS) is 10.2. The van der Waals surface area contributed by atoms with E-state index in [0.29, 0.717) is 5.75 Å². The molecule has 0 aliphatic rings. The molecule has 5 heteroatoms. The Morgan fingerprint density at radius 3 is 2.21 bits per heavy atom. The SMILES string of the molecule is CCc1cccc(CC)c1NC(=O)COc1ccccc1C(N)=O. The van der Waals surface area contributed by atoms with Gasteiger partial charge in [-0.25, -0.2) is 0 Å². The van der Waals surface area contributed by atoms with Gasteiger partial charge in [0.2, 0.25) is 0 Å². The van der Waals surface area contributed by atoms with Crippen LogP contribution in [0.15, 0.2) is 42.5 Å². The molecule has 2 amide bonds. The molecule has 0 saturated heterocycles. The van der Waals surface area contributed by atoms with E-state index in [-0.39, 0.29) is 18.1 Å². The van der Waals surface area contributed by atoms with Crippen molar-refractivity contribution in [2.24, 2.45) is 5.73 Å². The molecule has 5 nitrogen and oxygen atoms in total. The minimum Gasteiger partial charge on any atom is -0.483 e. The lowest BCUT2D eigenvalue weighted by Gasteiger charge is -2.15. The first kappa shape index (κ1) is 17.5. The van der Waals surface area contributed by atoms with E-state index in [9.17, 15) is 9.59 Å². The number of anilines is 1. The Bertz CT molecular complexity index is 719. The van der Waals surface area contributed by atoms with Crippen LogP contribution >= 0.6 is 0 Å². The second-order valence-electron chi connectivity index (χ2n) is 5.36. The first-order chi connectivity index (χ1) is 11.6. The maximum absolute atomic E-state index is 12.3. The van der Waals surface area contributed by atoms with Crippen molar-refractivity contribution in [1.29, 1.82) is 0 Å². The van der Waals surface area contributed by atoms with Gasteiger partial charge in [0.1, 0.15) is 5.75 Å². The van der Waals surface area contributed by atoms with Gasteiger partial charge in [-0.2, -0.15) is 0 Å². The molecule has 0 radical (unpaired) electrons. The second kappa shape index (κ2) is 8.15. The van der Waals surface area contributed by atoms with Gasteiger partial charge in [-0.15, -0.1) is 0 Å². The van der Waals surface area contributed by atoms with Crippen molar-refractivity contribution in [3.63, 3.8) is 0 Å². The van der Waals surface area contributed by atoms with E-state index in [4.69, 9.17) is 10.5 Å². The quantitative estimate of drug-likeness (QED) is 0.821. The highest BCUT2D eigenvalue weighted by Gasteiger charge is 2.13. The van der Waals surface area contributed by atoms with E-state index in [0.717, 1.165) is 29.7 Å². The van der Waals surface area contributed by atoms with Crippen LogP contribution in [-0.2, 0) is 17.6 Å². The van der Waals surface area contributed by atoms with Crippen LogP contribution in [0.1, 0.15) is 35.3 Å². The Morgan fingerprint density at radius 1 is 1.00 bits per heavy atom. The number of rotatable bonds is 7. The first-order valence-electron chi connectivity index (χ1n) is 7.99. The lowest BCUT2D eigenvalue weighted by Crippen LogP contribution is -2.23. The number of carbonyl (C=O) groups is 2. The summed E-state index contributed by atoms with van der Waals surface area (Å²) < 4.78 is 5.47. The van der Waals surface area contributed by atoms with Crippen LogP contribution in [0.5, 0.6) is 5.75 Å². The van der Waals surface area contributed by atoms with Crippen molar-refractivity contribution < 1.29 is 14.3 Å². The fourth-order valence-corrected chi connectivity index (χ4v) is 2.52. The summed E-state index contributed by atoms with van der Waals surface area (Å²) in [4.78, 5) is 23.6. The van der Waals surface area contributed by atoms with Crippen molar-refractivity contribution in [3.05, 3.63) is 59.2 Å². The average molecular weight is 326 g/mol. The summed E-state index contributed by atoms with van der Waals surface area (Å²) >= 11 is 0.